The summed E-state index contributed by atoms with van der Waals surface area (Å²) in [7, 11) is 0.686. The van der Waals surface area contributed by atoms with Crippen LogP contribution in [0.5, 0.6) is 0 Å². The summed E-state index contributed by atoms with van der Waals surface area (Å²) in [5, 5.41) is 0. The zero-order valence-corrected chi connectivity index (χ0v) is 19.0. The zero-order chi connectivity index (χ0) is 27.6. The van der Waals surface area contributed by atoms with Crippen LogP contribution in [0.25, 0.3) is 11.1 Å². The number of aliphatic imine (C=N–C) groups is 1. The molecule has 13 heteroatoms. The highest BCUT2D eigenvalue weighted by molar-refractivity contribution is 6.07. The summed E-state index contributed by atoms with van der Waals surface area (Å²) in [5.41, 5.74) is -0.674. The van der Waals surface area contributed by atoms with E-state index in [9.17, 15) is 40.3 Å². The molecule has 0 amide bonds. The van der Waals surface area contributed by atoms with Gasteiger partial charge in [-0.1, -0.05) is 43.0 Å². The molecule has 0 saturated carbocycles. The van der Waals surface area contributed by atoms with Gasteiger partial charge in [0, 0.05) is 24.6 Å². The molecule has 6 nitrogen and oxygen atoms in total. The molecular formula is C24H18F7NO5. The van der Waals surface area contributed by atoms with Crippen LogP contribution < -0.4 is 0 Å². The fourth-order valence-corrected chi connectivity index (χ4v) is 3.80. The van der Waals surface area contributed by atoms with E-state index in [-0.39, 0.29) is 12.2 Å². The molecule has 0 aromatic heterocycles. The lowest BCUT2D eigenvalue weighted by molar-refractivity contribution is -0.336. The van der Waals surface area contributed by atoms with Gasteiger partial charge >= 0.3 is 30.1 Å². The second-order valence-electron chi connectivity index (χ2n) is 7.65. The Morgan fingerprint density at radius 2 is 1.59 bits per heavy atom. The number of fused-ring (bicyclic) bond motifs is 3. The van der Waals surface area contributed by atoms with Gasteiger partial charge < -0.3 is 14.2 Å². The van der Waals surface area contributed by atoms with Gasteiger partial charge in [-0.25, -0.2) is 9.59 Å². The van der Waals surface area contributed by atoms with Crippen LogP contribution >= 0.6 is 0 Å². The summed E-state index contributed by atoms with van der Waals surface area (Å²) >= 11 is 0. The number of halogens is 7. The van der Waals surface area contributed by atoms with E-state index in [4.69, 9.17) is 4.74 Å². The van der Waals surface area contributed by atoms with Gasteiger partial charge in [0.05, 0.1) is 0 Å². The highest BCUT2D eigenvalue weighted by Crippen LogP contribution is 2.49. The highest BCUT2D eigenvalue weighted by Gasteiger charge is 2.74. The molecule has 0 saturated heterocycles. The summed E-state index contributed by atoms with van der Waals surface area (Å²) in [5.74, 6) is -13.5. The Kier molecular flexibility index (Phi) is 7.65. The predicted molar refractivity (Wildman–Crippen MR) is 116 cm³/mol. The van der Waals surface area contributed by atoms with Crippen molar-refractivity contribution in [3.8, 4) is 11.1 Å². The van der Waals surface area contributed by atoms with Crippen molar-refractivity contribution in [1.82, 2.24) is 0 Å². The normalized spacial score (nSPS) is 15.5. The zero-order valence-electron chi connectivity index (χ0n) is 19.0. The summed E-state index contributed by atoms with van der Waals surface area (Å²) in [6.07, 6.45) is -6.85. The number of hydrogen-bond donors (Lipinski definition) is 0. The molecule has 2 aromatic rings. The average Bonchev–Trinajstić information content (AvgIpc) is 3.15. The molecule has 37 heavy (non-hydrogen) atoms. The van der Waals surface area contributed by atoms with E-state index in [2.05, 4.69) is 21.0 Å². The van der Waals surface area contributed by atoms with Gasteiger partial charge in [-0.2, -0.15) is 30.7 Å². The second-order valence-corrected chi connectivity index (χ2v) is 7.65. The van der Waals surface area contributed by atoms with Crippen molar-refractivity contribution in [3.63, 3.8) is 0 Å². The molecule has 0 radical (unpaired) electrons. The summed E-state index contributed by atoms with van der Waals surface area (Å²) in [6.45, 7) is 2.12. The van der Waals surface area contributed by atoms with Gasteiger partial charge in [-0.3, -0.25) is 4.99 Å². The smallest absolute Gasteiger partial charge is 0.433 e. The van der Waals surface area contributed by atoms with Crippen molar-refractivity contribution in [2.45, 2.75) is 23.9 Å². The van der Waals surface area contributed by atoms with Gasteiger partial charge in [-0.15, -0.1) is 0 Å². The SMILES string of the molecule is C=CC(=O)OCOC(=O)OCC1c2ccccc2-c2cc(C(=NC)C(F)(F)C(F)(F)C(F)(F)F)ccc21. The fraction of sp³-hybridized carbons (Fsp3) is 0.292. The van der Waals surface area contributed by atoms with Crippen LogP contribution in [-0.2, 0) is 19.0 Å². The van der Waals surface area contributed by atoms with Crippen LogP contribution in [-0.4, -0.2) is 56.3 Å². The molecule has 0 fully saturated rings. The number of rotatable bonds is 8. The summed E-state index contributed by atoms with van der Waals surface area (Å²) in [6, 6.07) is 9.68. The maximum Gasteiger partial charge on any atom is 0.511 e. The first-order valence-corrected chi connectivity index (χ1v) is 10.4. The van der Waals surface area contributed by atoms with Crippen LogP contribution in [0, 0.1) is 0 Å². The molecule has 0 aliphatic heterocycles. The van der Waals surface area contributed by atoms with E-state index in [0.717, 1.165) is 18.2 Å². The largest absolute Gasteiger partial charge is 0.511 e. The van der Waals surface area contributed by atoms with Crippen molar-refractivity contribution >= 4 is 17.8 Å². The topological polar surface area (TPSA) is 74.2 Å². The van der Waals surface area contributed by atoms with E-state index in [1.54, 1.807) is 24.3 Å². The van der Waals surface area contributed by atoms with Crippen molar-refractivity contribution < 1.29 is 54.5 Å². The molecule has 0 N–H and O–H groups in total. The molecule has 0 bridgehead atoms. The lowest BCUT2D eigenvalue weighted by Crippen LogP contribution is -2.56. The number of carbonyl (C=O) groups is 2. The first-order chi connectivity index (χ1) is 17.3. The number of hydrogen-bond acceptors (Lipinski definition) is 6. The minimum absolute atomic E-state index is 0.252. The molecule has 2 aromatic carbocycles. The van der Waals surface area contributed by atoms with Crippen molar-refractivity contribution in [3.05, 3.63) is 71.8 Å². The quantitative estimate of drug-likeness (QED) is 0.139. The van der Waals surface area contributed by atoms with E-state index < -0.39 is 54.1 Å². The van der Waals surface area contributed by atoms with Gasteiger partial charge in [0.1, 0.15) is 12.3 Å². The number of esters is 1. The molecule has 3 rings (SSSR count). The molecule has 0 heterocycles. The Labute approximate surface area is 205 Å². The molecule has 1 aliphatic carbocycles. The van der Waals surface area contributed by atoms with Crippen LogP contribution in [0.2, 0.25) is 0 Å². The molecular weight excluding hydrogens is 515 g/mol. The lowest BCUT2D eigenvalue weighted by Gasteiger charge is -2.29. The van der Waals surface area contributed by atoms with Gasteiger partial charge in [-0.05, 0) is 28.3 Å². The fourth-order valence-electron chi connectivity index (χ4n) is 3.80. The van der Waals surface area contributed by atoms with Crippen molar-refractivity contribution in [2.75, 3.05) is 20.4 Å². The van der Waals surface area contributed by atoms with Crippen molar-refractivity contribution in [2.24, 2.45) is 4.99 Å². The standard InChI is InChI=1S/C24H18F7NO5/c1-3-19(33)36-12-37-21(34)35-11-18-15-7-5-4-6-14(15)17-10-13(8-9-16(17)18)20(32-2)22(25,26)23(27,28)24(29,30)31/h3-10,18H,1,11-12H2,2H3. The number of benzene rings is 2. The number of ether oxygens (including phenoxy) is 3. The second kappa shape index (κ2) is 10.2. The first-order valence-electron chi connectivity index (χ1n) is 10.4. The van der Waals surface area contributed by atoms with Crippen LogP contribution in [0.1, 0.15) is 22.6 Å². The highest BCUT2D eigenvalue weighted by atomic mass is 19.4. The Bertz CT molecular complexity index is 1240. The number of carbonyl (C=O) groups excluding carboxylic acids is 2. The van der Waals surface area contributed by atoms with E-state index in [0.29, 0.717) is 23.7 Å². The Morgan fingerprint density at radius 3 is 2.22 bits per heavy atom. The first kappa shape index (κ1) is 27.7. The molecule has 1 aliphatic rings. The van der Waals surface area contributed by atoms with E-state index >= 15 is 0 Å². The summed E-state index contributed by atoms with van der Waals surface area (Å²) in [4.78, 5) is 25.9. The molecule has 1 unspecified atom stereocenters. The number of nitrogens with zero attached hydrogens (tertiary/aromatic N) is 1. The third-order valence-electron chi connectivity index (χ3n) is 5.51. The van der Waals surface area contributed by atoms with Crippen molar-refractivity contribution in [1.29, 1.82) is 0 Å². The third kappa shape index (κ3) is 5.16. The van der Waals surface area contributed by atoms with E-state index in [1.807, 2.05) is 0 Å². The van der Waals surface area contributed by atoms with Gasteiger partial charge in [0.2, 0.25) is 6.79 Å². The minimum Gasteiger partial charge on any atom is -0.433 e. The maximum atomic E-state index is 14.4. The monoisotopic (exact) mass is 533 g/mol. The Morgan fingerprint density at radius 1 is 0.946 bits per heavy atom. The average molecular weight is 533 g/mol. The van der Waals surface area contributed by atoms with Gasteiger partial charge in [0.25, 0.3) is 0 Å². The third-order valence-corrected chi connectivity index (χ3v) is 5.51. The molecule has 198 valence electrons. The van der Waals surface area contributed by atoms with Crippen LogP contribution in [0.4, 0.5) is 35.5 Å². The maximum absolute atomic E-state index is 14.4. The summed E-state index contributed by atoms with van der Waals surface area (Å²) < 4.78 is 109. The minimum atomic E-state index is -6.52. The Balaban J connectivity index is 1.90. The lowest BCUT2D eigenvalue weighted by atomic mass is 9.93. The molecule has 0 spiro atoms. The van der Waals surface area contributed by atoms with Crippen LogP contribution in [0.3, 0.4) is 0 Å². The van der Waals surface area contributed by atoms with Crippen LogP contribution in [0.15, 0.2) is 60.1 Å². The predicted octanol–water partition coefficient (Wildman–Crippen LogP) is 5.89. The number of alkyl halides is 7. The van der Waals surface area contributed by atoms with Gasteiger partial charge in [0.15, 0.2) is 0 Å². The molecule has 1 atom stereocenters. The van der Waals surface area contributed by atoms with E-state index in [1.165, 1.54) is 6.07 Å². The Hall–Kier alpha value is -3.90.